The maximum Gasteiger partial charge on any atom is 2.00 e. The predicted molar refractivity (Wildman–Crippen MR) is 481 cm³/mol. The van der Waals surface area contributed by atoms with Crippen LogP contribution in [0.4, 0.5) is 0 Å². The predicted octanol–water partition coefficient (Wildman–Crippen LogP) is 17.2. The van der Waals surface area contributed by atoms with E-state index < -0.39 is 60.1 Å². The third-order valence-electron chi connectivity index (χ3n) is 19.9. The number of hydrogen-bond donors (Lipinski definition) is 0. The van der Waals surface area contributed by atoms with Gasteiger partial charge in [-0.05, 0) is 205 Å². The van der Waals surface area contributed by atoms with Gasteiger partial charge in [-0.3, -0.25) is 0 Å². The summed E-state index contributed by atoms with van der Waals surface area (Å²) in [6.07, 6.45) is 22.1. The Kier molecular flexibility index (Phi) is 60.1. The van der Waals surface area contributed by atoms with E-state index in [1.54, 1.807) is 82.6 Å². The Bertz CT molecular complexity index is 3610. The Labute approximate surface area is 740 Å². The van der Waals surface area contributed by atoms with Gasteiger partial charge < -0.3 is 58.1 Å². The van der Waals surface area contributed by atoms with Crippen LogP contribution < -0.4 is 0 Å². The quantitative estimate of drug-likeness (QED) is 0.0195. The number of unbranched alkanes of at least 4 members (excludes halogenated alkanes) is 8. The van der Waals surface area contributed by atoms with Gasteiger partial charge in [0, 0.05) is 29.4 Å². The van der Waals surface area contributed by atoms with Crippen LogP contribution in [0, 0.1) is 41.5 Å². The number of sulfonamides is 6. The Morgan fingerprint density at radius 2 is 0.331 bits per heavy atom. The average molecular weight is 1870 g/mol. The third kappa shape index (κ3) is 45.4. The van der Waals surface area contributed by atoms with Gasteiger partial charge in [0.25, 0.3) is 0 Å². The molecular formula is C86H144N10O14S6Zn2+2. The van der Waals surface area contributed by atoms with Crippen LogP contribution in [0.2, 0.25) is 0 Å². The molecule has 0 radical (unpaired) electrons. The molecule has 0 bridgehead atoms. The Morgan fingerprint density at radius 1 is 0.220 bits per heavy atom. The summed E-state index contributed by atoms with van der Waals surface area (Å²) in [7, 11) is -23.3. The molecule has 6 rings (SSSR count). The van der Waals surface area contributed by atoms with E-state index in [4.69, 9.17) is 0 Å². The first-order valence-corrected chi connectivity index (χ1v) is 49.9. The molecule has 24 nitrogen and oxygen atoms in total. The largest absolute Gasteiger partial charge is 2.00 e. The van der Waals surface area contributed by atoms with Gasteiger partial charge in [-0.2, -0.15) is 0 Å². The van der Waals surface area contributed by atoms with Crippen molar-refractivity contribution in [1.82, 2.24) is 9.80 Å². The molecule has 0 aliphatic carbocycles. The number of benzene rings is 6. The summed E-state index contributed by atoms with van der Waals surface area (Å²) < 4.78 is 177. The molecule has 0 aromatic heterocycles. The van der Waals surface area contributed by atoms with Gasteiger partial charge in [-0.25, -0.2) is 50.5 Å². The smallest absolute Gasteiger partial charge is 0.544 e. The Balaban J connectivity index is 0. The molecule has 118 heavy (non-hydrogen) atoms. The molecule has 0 spiro atoms. The minimum absolute atomic E-state index is 0. The van der Waals surface area contributed by atoms with Crippen molar-refractivity contribution in [3.63, 3.8) is 0 Å². The van der Waals surface area contributed by atoms with Gasteiger partial charge in [-0.1, -0.05) is 213 Å². The SMILES string of the molecule is CCCC[N+](CCCC)(CCCC)CCCC.CCCC[N+](CCCC)(CCCC)CCCC.Cc1ccc(S(=O)(=O)[N-]CCN(CC[N-]S(=O)(=O)c2ccc(C)cc2)CC[N-]S(=O)(=O)c2ccc(C)cc2)cc1.Cc1ccc(S(=O)(=O)[N-]CCN(CC[N-]S(=O)(=O)c2ccc(C)cc2)CC[N-]S(=O)(=O)c2ccc(C)cc2)cc1.[OH3+].[OH3+].[Zn+2].[Zn+2]. The maximum absolute atomic E-state index is 12.6. The van der Waals surface area contributed by atoms with E-state index in [0.717, 1.165) is 33.4 Å². The zero-order valence-corrected chi connectivity index (χ0v) is 84.5. The molecule has 6 N–H and O–H groups in total. The van der Waals surface area contributed by atoms with E-state index in [1.807, 2.05) is 41.5 Å². The van der Waals surface area contributed by atoms with Gasteiger partial charge in [-0.15, -0.1) is 39.3 Å². The Morgan fingerprint density at radius 3 is 0.432 bits per heavy atom. The molecule has 0 amide bonds. The average Bonchev–Trinajstić information content (AvgIpc) is 0.854. The molecule has 0 heterocycles. The van der Waals surface area contributed by atoms with Crippen molar-refractivity contribution < 1.29 is 109 Å². The first kappa shape index (κ1) is 116. The van der Waals surface area contributed by atoms with Gasteiger partial charge in [0.2, 0.25) is 0 Å². The summed E-state index contributed by atoms with van der Waals surface area (Å²) in [6.45, 7) is 41.3. The van der Waals surface area contributed by atoms with Crippen LogP contribution in [0.25, 0.3) is 28.3 Å². The van der Waals surface area contributed by atoms with E-state index in [-0.39, 0.29) is 158 Å². The van der Waals surface area contributed by atoms with E-state index in [2.05, 4.69) is 83.7 Å². The van der Waals surface area contributed by atoms with Crippen LogP contribution in [0.5, 0.6) is 0 Å². The molecule has 0 saturated carbocycles. The number of hydrogen-bond acceptors (Lipinski definition) is 14. The summed E-state index contributed by atoms with van der Waals surface area (Å²) in [5.74, 6) is 0. The van der Waals surface area contributed by atoms with Gasteiger partial charge >= 0.3 is 39.0 Å². The van der Waals surface area contributed by atoms with Crippen molar-refractivity contribution in [3.05, 3.63) is 207 Å². The van der Waals surface area contributed by atoms with Gasteiger partial charge in [0.15, 0.2) is 0 Å². The van der Waals surface area contributed by atoms with Crippen molar-refractivity contribution >= 4 is 60.1 Å². The van der Waals surface area contributed by atoms with Crippen molar-refractivity contribution in [1.29, 1.82) is 0 Å². The number of nitrogens with zero attached hydrogens (tertiary/aromatic N) is 10. The van der Waals surface area contributed by atoms with E-state index >= 15 is 0 Å². The van der Waals surface area contributed by atoms with Crippen LogP contribution in [0.3, 0.4) is 0 Å². The fraction of sp³-hybridized carbons (Fsp3) is 0.581. The Hall–Kier alpha value is -4.21. The van der Waals surface area contributed by atoms with Crippen molar-refractivity contribution in [2.24, 2.45) is 0 Å². The first-order valence-electron chi connectivity index (χ1n) is 41.2. The minimum Gasteiger partial charge on any atom is -0.544 e. The second kappa shape index (κ2) is 61.2. The van der Waals surface area contributed by atoms with Crippen LogP contribution in [0.1, 0.15) is 192 Å². The molecule has 6 aromatic carbocycles. The molecule has 0 atom stereocenters. The first-order chi connectivity index (χ1) is 54.1. The molecule has 0 aliphatic rings. The van der Waals surface area contributed by atoms with Crippen LogP contribution in [-0.2, 0) is 110 Å². The number of quaternary nitrogens is 2. The minimum atomic E-state index is -3.88. The summed E-state index contributed by atoms with van der Waals surface area (Å²) in [6, 6.07) is 38.0. The van der Waals surface area contributed by atoms with Crippen molar-refractivity contribution in [2.75, 3.05) is 131 Å². The van der Waals surface area contributed by atoms with Crippen molar-refractivity contribution in [3.8, 4) is 0 Å². The fourth-order valence-electron chi connectivity index (χ4n) is 12.5. The van der Waals surface area contributed by atoms with E-state index in [1.165, 1.54) is 237 Å². The standard InChI is InChI=1S/2C27H33N4O6S3.2C16H36N.2H2O.2Zn/c2*1-22-4-10-25(11-5-22)38(32,33)28-16-19-31(20-17-29-39(34,35)26-12-6-23(2)7-13-26)21-18-30-40(36,37)27-14-8-24(3)9-15-27;2*1-5-9-13-17(14-10-6-2,15-11-7-3)16-12-8-4;;;;/h2*4-15H,16-21H2,1-3H3;2*5-16H2,1-4H3;2*1H2;;/q2*-3;2*+1;;;2*+2/p+2. The summed E-state index contributed by atoms with van der Waals surface area (Å²) >= 11 is 0. The van der Waals surface area contributed by atoms with Crippen LogP contribution >= 0.6 is 0 Å². The van der Waals surface area contributed by atoms with Gasteiger partial charge in [0.1, 0.15) is 60.1 Å². The maximum atomic E-state index is 12.6. The summed E-state index contributed by atoms with van der Waals surface area (Å²) in [4.78, 5) is 3.82. The van der Waals surface area contributed by atoms with Crippen LogP contribution in [-0.4, -0.2) is 200 Å². The molecule has 0 aliphatic heterocycles. The normalized spacial score (nSPS) is 12.0. The van der Waals surface area contributed by atoms with Gasteiger partial charge in [0.05, 0.1) is 52.4 Å². The fourth-order valence-corrected chi connectivity index (χ4v) is 18.2. The van der Waals surface area contributed by atoms with E-state index in [9.17, 15) is 50.5 Å². The zero-order chi connectivity index (χ0) is 84.8. The summed E-state index contributed by atoms with van der Waals surface area (Å²) in [5.41, 5.74) is 5.49. The molecule has 660 valence electrons. The summed E-state index contributed by atoms with van der Waals surface area (Å²) in [5, 5.41) is 0. The number of aryl methyl sites for hydroxylation is 6. The second-order valence-electron chi connectivity index (χ2n) is 29.8. The second-order valence-corrected chi connectivity index (χ2v) is 39.9. The molecule has 0 saturated heterocycles. The number of rotatable bonds is 54. The third-order valence-corrected chi connectivity index (χ3v) is 28.2. The van der Waals surface area contributed by atoms with E-state index in [0.29, 0.717) is 0 Å². The zero-order valence-electron chi connectivity index (χ0n) is 73.7. The molecule has 0 unspecified atom stereocenters. The molecule has 6 aromatic rings. The molecule has 0 fully saturated rings. The van der Waals surface area contributed by atoms with Crippen LogP contribution in [0.15, 0.2) is 175 Å². The molecule has 32 heteroatoms. The van der Waals surface area contributed by atoms with Crippen molar-refractivity contribution in [2.45, 2.75) is 229 Å². The molecular weight excluding hydrogens is 1720 g/mol. The monoisotopic (exact) mass is 1860 g/mol. The topological polar surface area (TPSA) is 362 Å².